The van der Waals surface area contributed by atoms with Gasteiger partial charge < -0.3 is 18.9 Å². The lowest BCUT2D eigenvalue weighted by Crippen LogP contribution is -2.30. The number of ether oxygens (including phenoxy) is 1. The van der Waals surface area contributed by atoms with Crippen molar-refractivity contribution in [3.05, 3.63) is 71.5 Å². The van der Waals surface area contributed by atoms with Crippen molar-refractivity contribution in [3.8, 4) is 11.5 Å². The second-order valence-electron chi connectivity index (χ2n) is 6.73. The fourth-order valence-corrected chi connectivity index (χ4v) is 3.04. The summed E-state index contributed by atoms with van der Waals surface area (Å²) in [6, 6.07) is 14.9. The number of nitrogens with one attached hydrogen (secondary N) is 1. The Balaban J connectivity index is 1.29. The molecule has 1 N–H and O–H groups in total. The molecule has 0 fully saturated rings. The fourth-order valence-electron chi connectivity index (χ4n) is 3.04. The molecule has 4 aromatic rings. The molecule has 152 valence electrons. The summed E-state index contributed by atoms with van der Waals surface area (Å²) in [5, 5.41) is 12.3. The van der Waals surface area contributed by atoms with E-state index >= 15 is 0 Å². The third kappa shape index (κ3) is 4.22. The van der Waals surface area contributed by atoms with Gasteiger partial charge in [0.2, 0.25) is 0 Å². The lowest BCUT2D eigenvalue weighted by atomic mass is 10.1. The number of carbonyl (C=O) groups excluding carboxylic acids is 2. The molecular formula is C22H19N3O5. The maximum Gasteiger partial charge on any atom is 0.325 e. The van der Waals surface area contributed by atoms with E-state index < -0.39 is 5.97 Å². The van der Waals surface area contributed by atoms with Gasteiger partial charge in [-0.1, -0.05) is 30.3 Å². The fraction of sp³-hybridized carbons (Fsp3) is 0.182. The summed E-state index contributed by atoms with van der Waals surface area (Å²) >= 11 is 0. The zero-order chi connectivity index (χ0) is 21.1. The maximum atomic E-state index is 12.3. The molecule has 1 amide bonds. The lowest BCUT2D eigenvalue weighted by molar-refractivity contribution is -0.144. The smallest absolute Gasteiger partial charge is 0.325 e. The maximum absolute atomic E-state index is 12.3. The molecular weight excluding hydrogens is 386 g/mol. The van der Waals surface area contributed by atoms with Crippen molar-refractivity contribution in [2.75, 3.05) is 6.54 Å². The van der Waals surface area contributed by atoms with Crippen LogP contribution in [0.15, 0.2) is 57.4 Å². The molecule has 30 heavy (non-hydrogen) atoms. The number of rotatable bonds is 6. The predicted molar refractivity (Wildman–Crippen MR) is 108 cm³/mol. The molecule has 0 aliphatic heterocycles. The number of aromatic nitrogens is 2. The number of esters is 1. The van der Waals surface area contributed by atoms with E-state index in [0.29, 0.717) is 22.8 Å². The summed E-state index contributed by atoms with van der Waals surface area (Å²) in [6.07, 6.45) is 0. The Kier molecular flexibility index (Phi) is 5.30. The molecule has 4 rings (SSSR count). The summed E-state index contributed by atoms with van der Waals surface area (Å²) in [5.74, 6) is 0.868. The average molecular weight is 405 g/mol. The Bertz CT molecular complexity index is 1220. The van der Waals surface area contributed by atoms with Crippen LogP contribution in [-0.2, 0) is 16.1 Å². The van der Waals surface area contributed by atoms with Crippen LogP contribution in [0, 0.1) is 13.8 Å². The first-order valence-corrected chi connectivity index (χ1v) is 9.32. The van der Waals surface area contributed by atoms with Gasteiger partial charge in [-0.25, -0.2) is 0 Å². The molecule has 0 atom stereocenters. The Labute approximate surface area is 171 Å². The average Bonchev–Trinajstić information content (AvgIpc) is 3.35. The second-order valence-corrected chi connectivity index (χ2v) is 6.73. The van der Waals surface area contributed by atoms with Crippen LogP contribution in [-0.4, -0.2) is 28.6 Å². The molecule has 2 heterocycles. The minimum atomic E-state index is -0.612. The van der Waals surface area contributed by atoms with Crippen LogP contribution in [0.1, 0.15) is 27.8 Å². The normalized spacial score (nSPS) is 10.9. The third-order valence-electron chi connectivity index (χ3n) is 4.50. The van der Waals surface area contributed by atoms with Gasteiger partial charge in [-0.15, -0.1) is 10.2 Å². The Morgan fingerprint density at radius 1 is 1.00 bits per heavy atom. The predicted octanol–water partition coefficient (Wildman–Crippen LogP) is 3.57. The molecule has 0 spiro atoms. The molecule has 8 heteroatoms. The van der Waals surface area contributed by atoms with Gasteiger partial charge >= 0.3 is 5.97 Å². The molecule has 2 aromatic carbocycles. The van der Waals surface area contributed by atoms with Crippen molar-refractivity contribution in [1.82, 2.24) is 15.5 Å². The van der Waals surface area contributed by atoms with E-state index in [9.17, 15) is 9.59 Å². The van der Waals surface area contributed by atoms with Crippen molar-refractivity contribution in [3.63, 3.8) is 0 Å². The van der Waals surface area contributed by atoms with Gasteiger partial charge in [-0.05, 0) is 42.8 Å². The highest BCUT2D eigenvalue weighted by molar-refractivity contribution is 5.99. The molecule has 0 bridgehead atoms. The minimum absolute atomic E-state index is 0.150. The van der Waals surface area contributed by atoms with Crippen molar-refractivity contribution in [1.29, 1.82) is 0 Å². The number of furan rings is 1. The first kappa shape index (κ1) is 19.4. The molecule has 0 radical (unpaired) electrons. The Hall–Kier alpha value is -3.94. The monoisotopic (exact) mass is 405 g/mol. The first-order valence-electron chi connectivity index (χ1n) is 9.32. The first-order chi connectivity index (χ1) is 14.5. The van der Waals surface area contributed by atoms with Crippen LogP contribution in [0.4, 0.5) is 0 Å². The highest BCUT2D eigenvalue weighted by Gasteiger charge is 2.16. The summed E-state index contributed by atoms with van der Waals surface area (Å²) < 4.78 is 16.0. The van der Waals surface area contributed by atoms with Crippen molar-refractivity contribution in [2.24, 2.45) is 0 Å². The third-order valence-corrected chi connectivity index (χ3v) is 4.50. The number of amides is 1. The highest BCUT2D eigenvalue weighted by atomic mass is 16.5. The number of carbonyl (C=O) groups is 2. The largest absolute Gasteiger partial charge is 0.466 e. The summed E-state index contributed by atoms with van der Waals surface area (Å²) in [5.41, 5.74) is 1.16. The zero-order valence-electron chi connectivity index (χ0n) is 16.5. The van der Waals surface area contributed by atoms with E-state index in [1.165, 1.54) is 0 Å². The standard InChI is InChI=1S/C22H19N3O5/c1-13-9-18(14(2)29-13)22-25-24-19(30-22)12-28-20(26)11-23-21(27)17-8-7-15-5-3-4-6-16(15)10-17/h3-10H,11-12H2,1-2H3,(H,23,27). The lowest BCUT2D eigenvalue weighted by Gasteiger charge is -2.06. The highest BCUT2D eigenvalue weighted by Crippen LogP contribution is 2.25. The molecule has 8 nitrogen and oxygen atoms in total. The topological polar surface area (TPSA) is 107 Å². The van der Waals surface area contributed by atoms with Crippen LogP contribution in [0.3, 0.4) is 0 Å². The van der Waals surface area contributed by atoms with E-state index in [-0.39, 0.29) is 24.9 Å². The van der Waals surface area contributed by atoms with Crippen LogP contribution < -0.4 is 5.32 Å². The summed E-state index contributed by atoms with van der Waals surface area (Å²) in [7, 11) is 0. The molecule has 0 aliphatic rings. The van der Waals surface area contributed by atoms with E-state index in [2.05, 4.69) is 15.5 Å². The van der Waals surface area contributed by atoms with Crippen LogP contribution in [0.25, 0.3) is 22.2 Å². The number of hydrogen-bond acceptors (Lipinski definition) is 7. The van der Waals surface area contributed by atoms with Crippen LogP contribution in [0.2, 0.25) is 0 Å². The van der Waals surface area contributed by atoms with Gasteiger partial charge in [-0.3, -0.25) is 9.59 Å². The van der Waals surface area contributed by atoms with Gasteiger partial charge in [0, 0.05) is 5.56 Å². The molecule has 0 aliphatic carbocycles. The van der Waals surface area contributed by atoms with E-state index in [4.69, 9.17) is 13.6 Å². The number of benzene rings is 2. The van der Waals surface area contributed by atoms with Gasteiger partial charge in [-0.2, -0.15) is 0 Å². The second kappa shape index (κ2) is 8.20. The van der Waals surface area contributed by atoms with E-state index in [1.54, 1.807) is 25.1 Å². The molecule has 0 saturated carbocycles. The van der Waals surface area contributed by atoms with Gasteiger partial charge in [0.15, 0.2) is 6.61 Å². The van der Waals surface area contributed by atoms with E-state index in [1.807, 2.05) is 37.3 Å². The molecule has 0 saturated heterocycles. The Morgan fingerprint density at radius 2 is 1.80 bits per heavy atom. The number of fused-ring (bicyclic) bond motifs is 1. The number of aryl methyl sites for hydroxylation is 2. The zero-order valence-corrected chi connectivity index (χ0v) is 16.5. The van der Waals surface area contributed by atoms with Gasteiger partial charge in [0.1, 0.15) is 18.1 Å². The minimum Gasteiger partial charge on any atom is -0.466 e. The quantitative estimate of drug-likeness (QED) is 0.489. The summed E-state index contributed by atoms with van der Waals surface area (Å²) in [6.45, 7) is 3.16. The molecule has 0 unspecified atom stereocenters. The number of hydrogen-bond donors (Lipinski definition) is 1. The van der Waals surface area contributed by atoms with Crippen LogP contribution in [0.5, 0.6) is 0 Å². The Morgan fingerprint density at radius 3 is 2.57 bits per heavy atom. The van der Waals surface area contributed by atoms with Crippen LogP contribution >= 0.6 is 0 Å². The van der Waals surface area contributed by atoms with Crippen molar-refractivity contribution < 1.29 is 23.2 Å². The van der Waals surface area contributed by atoms with Crippen molar-refractivity contribution >= 4 is 22.6 Å². The molecule has 2 aromatic heterocycles. The number of nitrogens with zero attached hydrogens (tertiary/aromatic N) is 2. The van der Waals surface area contributed by atoms with Gasteiger partial charge in [0.25, 0.3) is 17.7 Å². The van der Waals surface area contributed by atoms with E-state index in [0.717, 1.165) is 16.5 Å². The van der Waals surface area contributed by atoms with Crippen molar-refractivity contribution in [2.45, 2.75) is 20.5 Å². The summed E-state index contributed by atoms with van der Waals surface area (Å²) in [4.78, 5) is 24.2. The van der Waals surface area contributed by atoms with Gasteiger partial charge in [0.05, 0.1) is 5.56 Å². The SMILES string of the molecule is Cc1cc(-c2nnc(COC(=O)CNC(=O)c3ccc4ccccc4c3)o2)c(C)o1.